The molecule has 1 aromatic heterocycles. The second-order valence-corrected chi connectivity index (χ2v) is 5.67. The maximum Gasteiger partial charge on any atom is 0.201 e. The average molecular weight is 261 g/mol. The minimum Gasteiger partial charge on any atom is -0.369 e. The lowest BCUT2D eigenvalue weighted by molar-refractivity contribution is 0.442. The summed E-state index contributed by atoms with van der Waals surface area (Å²) in [5.41, 5.74) is 8.33. The number of aryl methyl sites for hydroxylation is 1. The third-order valence-corrected chi connectivity index (χ3v) is 4.14. The summed E-state index contributed by atoms with van der Waals surface area (Å²) < 4.78 is 15.7. The van der Waals surface area contributed by atoms with E-state index in [1.165, 1.54) is 18.9 Å². The highest BCUT2D eigenvalue weighted by Crippen LogP contribution is 2.39. The molecule has 3 nitrogen and oxygen atoms in total. The van der Waals surface area contributed by atoms with Gasteiger partial charge in [0, 0.05) is 12.1 Å². The Morgan fingerprint density at radius 1 is 1.47 bits per heavy atom. The van der Waals surface area contributed by atoms with Gasteiger partial charge in [-0.2, -0.15) is 0 Å². The van der Waals surface area contributed by atoms with Gasteiger partial charge in [-0.3, -0.25) is 0 Å². The van der Waals surface area contributed by atoms with E-state index in [9.17, 15) is 4.39 Å². The highest BCUT2D eigenvalue weighted by molar-refractivity contribution is 5.79. The highest BCUT2D eigenvalue weighted by atomic mass is 19.1. The molecule has 4 heteroatoms. The molecule has 19 heavy (non-hydrogen) atoms. The Hall–Kier alpha value is -1.58. The normalized spacial score (nSPS) is 17.0. The highest BCUT2D eigenvalue weighted by Gasteiger charge is 2.27. The van der Waals surface area contributed by atoms with Crippen LogP contribution in [0, 0.1) is 18.7 Å². The van der Waals surface area contributed by atoms with E-state index in [0.717, 1.165) is 24.3 Å². The van der Waals surface area contributed by atoms with Crippen molar-refractivity contribution in [2.24, 2.45) is 5.92 Å². The molecule has 0 saturated heterocycles. The number of benzene rings is 1. The lowest BCUT2D eigenvalue weighted by Gasteiger charge is -2.19. The van der Waals surface area contributed by atoms with Crippen molar-refractivity contribution >= 4 is 17.0 Å². The zero-order valence-corrected chi connectivity index (χ0v) is 11.5. The van der Waals surface area contributed by atoms with Gasteiger partial charge in [0.05, 0.1) is 11.0 Å². The number of hydrogen-bond acceptors (Lipinski definition) is 2. The molecule has 1 atom stereocenters. The molecular weight excluding hydrogens is 241 g/mol. The second-order valence-electron chi connectivity index (χ2n) is 5.67. The van der Waals surface area contributed by atoms with Gasteiger partial charge in [-0.15, -0.1) is 0 Å². The first-order chi connectivity index (χ1) is 9.10. The number of aromatic nitrogens is 2. The van der Waals surface area contributed by atoms with E-state index in [2.05, 4.69) is 16.5 Å². The number of hydrogen-bond donors (Lipinski definition) is 1. The van der Waals surface area contributed by atoms with Crippen LogP contribution in [-0.2, 0) is 0 Å². The minimum absolute atomic E-state index is 0.215. The van der Waals surface area contributed by atoms with Crippen LogP contribution in [0.3, 0.4) is 0 Å². The molecule has 0 aliphatic heterocycles. The molecule has 1 aromatic carbocycles. The Morgan fingerprint density at radius 2 is 2.21 bits per heavy atom. The molecule has 1 heterocycles. The monoisotopic (exact) mass is 261 g/mol. The van der Waals surface area contributed by atoms with Crippen molar-refractivity contribution in [2.45, 2.75) is 45.6 Å². The average Bonchev–Trinajstić information content (AvgIpc) is 3.13. The Bertz CT molecular complexity index is 613. The Labute approximate surface area is 112 Å². The van der Waals surface area contributed by atoms with Crippen molar-refractivity contribution in [2.75, 3.05) is 5.73 Å². The molecule has 1 saturated carbocycles. The maximum atomic E-state index is 13.6. The van der Waals surface area contributed by atoms with Crippen LogP contribution in [0.5, 0.6) is 0 Å². The van der Waals surface area contributed by atoms with E-state index < -0.39 is 0 Å². The largest absolute Gasteiger partial charge is 0.369 e. The Morgan fingerprint density at radius 3 is 2.84 bits per heavy atom. The summed E-state index contributed by atoms with van der Waals surface area (Å²) in [5, 5.41) is 0. The van der Waals surface area contributed by atoms with E-state index >= 15 is 0 Å². The van der Waals surface area contributed by atoms with Gasteiger partial charge in [0.15, 0.2) is 0 Å². The second kappa shape index (κ2) is 4.51. The van der Waals surface area contributed by atoms with Crippen molar-refractivity contribution in [1.29, 1.82) is 0 Å². The molecule has 102 valence electrons. The van der Waals surface area contributed by atoms with Gasteiger partial charge < -0.3 is 10.3 Å². The van der Waals surface area contributed by atoms with Crippen LogP contribution < -0.4 is 5.73 Å². The summed E-state index contributed by atoms with van der Waals surface area (Å²) in [5.74, 6) is 1.13. The number of halogens is 1. The lowest BCUT2D eigenvalue weighted by atomic mass is 10.1. The molecule has 2 aromatic rings. The van der Waals surface area contributed by atoms with Gasteiger partial charge in [0.25, 0.3) is 0 Å². The summed E-state index contributed by atoms with van der Waals surface area (Å²) in [6.07, 6.45) is 4.85. The van der Waals surface area contributed by atoms with Gasteiger partial charge >= 0.3 is 0 Å². The molecule has 2 N–H and O–H groups in total. The van der Waals surface area contributed by atoms with Crippen LogP contribution in [-0.4, -0.2) is 9.55 Å². The standard InChI is InChI=1S/C15H20FN3/c1-3-11(7-10-4-5-10)19-14-6-9(2)12(16)8-13(14)18-15(19)17/h6,8,10-11H,3-5,7H2,1-2H3,(H2,17,18). The van der Waals surface area contributed by atoms with Crippen LogP contribution in [0.15, 0.2) is 12.1 Å². The van der Waals surface area contributed by atoms with Gasteiger partial charge in [-0.05, 0) is 37.3 Å². The molecular formula is C15H20FN3. The van der Waals surface area contributed by atoms with Crippen molar-refractivity contribution in [3.05, 3.63) is 23.5 Å². The van der Waals surface area contributed by atoms with Crippen LogP contribution in [0.4, 0.5) is 10.3 Å². The van der Waals surface area contributed by atoms with Crippen LogP contribution in [0.2, 0.25) is 0 Å². The fourth-order valence-corrected chi connectivity index (χ4v) is 2.82. The molecule has 1 aliphatic rings. The number of rotatable bonds is 4. The van der Waals surface area contributed by atoms with E-state index in [1.54, 1.807) is 6.92 Å². The topological polar surface area (TPSA) is 43.8 Å². The van der Waals surface area contributed by atoms with Crippen molar-refractivity contribution < 1.29 is 4.39 Å². The Kier molecular flexibility index (Phi) is 2.96. The predicted octanol–water partition coefficient (Wildman–Crippen LogP) is 3.82. The molecule has 0 bridgehead atoms. The lowest BCUT2D eigenvalue weighted by Crippen LogP contribution is -2.12. The molecule has 0 amide bonds. The van der Waals surface area contributed by atoms with Crippen LogP contribution in [0.25, 0.3) is 11.0 Å². The van der Waals surface area contributed by atoms with Crippen molar-refractivity contribution in [3.63, 3.8) is 0 Å². The number of nitrogen functional groups attached to an aromatic ring is 1. The minimum atomic E-state index is -0.215. The van der Waals surface area contributed by atoms with E-state index in [0.29, 0.717) is 23.1 Å². The summed E-state index contributed by atoms with van der Waals surface area (Å²) >= 11 is 0. The van der Waals surface area contributed by atoms with Gasteiger partial charge in [0.1, 0.15) is 5.82 Å². The summed E-state index contributed by atoms with van der Waals surface area (Å²) in [6, 6.07) is 3.73. The van der Waals surface area contributed by atoms with E-state index in [1.807, 2.05) is 6.07 Å². The zero-order valence-electron chi connectivity index (χ0n) is 11.5. The van der Waals surface area contributed by atoms with E-state index in [-0.39, 0.29) is 5.82 Å². The van der Waals surface area contributed by atoms with Crippen LogP contribution >= 0.6 is 0 Å². The van der Waals surface area contributed by atoms with Gasteiger partial charge in [0.2, 0.25) is 5.95 Å². The first-order valence-corrected chi connectivity index (χ1v) is 7.03. The smallest absolute Gasteiger partial charge is 0.201 e. The fraction of sp³-hybridized carbons (Fsp3) is 0.533. The molecule has 1 aliphatic carbocycles. The number of nitrogens with zero attached hydrogens (tertiary/aromatic N) is 2. The summed E-state index contributed by atoms with van der Waals surface area (Å²) in [6.45, 7) is 3.96. The molecule has 0 radical (unpaired) electrons. The van der Waals surface area contributed by atoms with E-state index in [4.69, 9.17) is 5.73 Å². The number of anilines is 1. The number of fused-ring (bicyclic) bond motifs is 1. The van der Waals surface area contributed by atoms with Crippen molar-refractivity contribution in [1.82, 2.24) is 9.55 Å². The van der Waals surface area contributed by atoms with Gasteiger partial charge in [-0.1, -0.05) is 19.8 Å². The predicted molar refractivity (Wildman–Crippen MR) is 75.5 cm³/mol. The van der Waals surface area contributed by atoms with Gasteiger partial charge in [-0.25, -0.2) is 9.37 Å². The first-order valence-electron chi connectivity index (χ1n) is 7.03. The zero-order chi connectivity index (χ0) is 13.6. The fourth-order valence-electron chi connectivity index (χ4n) is 2.82. The SMILES string of the molecule is CCC(CC1CC1)n1c(N)nc2cc(F)c(C)cc21. The molecule has 1 unspecified atom stereocenters. The van der Waals surface area contributed by atoms with Crippen LogP contribution in [0.1, 0.15) is 44.2 Å². The third kappa shape index (κ3) is 2.20. The molecule has 0 spiro atoms. The first kappa shape index (κ1) is 12.5. The molecule has 3 rings (SSSR count). The third-order valence-electron chi connectivity index (χ3n) is 4.14. The number of imidazole rings is 1. The quantitative estimate of drug-likeness (QED) is 0.909. The Balaban J connectivity index is 2.09. The number of nitrogens with two attached hydrogens (primary N) is 1. The summed E-state index contributed by atoms with van der Waals surface area (Å²) in [7, 11) is 0. The maximum absolute atomic E-state index is 13.6. The molecule has 1 fully saturated rings. The van der Waals surface area contributed by atoms with Crippen molar-refractivity contribution in [3.8, 4) is 0 Å². The summed E-state index contributed by atoms with van der Waals surface area (Å²) in [4.78, 5) is 4.31.